The molecule has 104 valence electrons. The van der Waals surface area contributed by atoms with Gasteiger partial charge in [-0.3, -0.25) is 9.59 Å². The van der Waals surface area contributed by atoms with Crippen molar-refractivity contribution < 1.29 is 9.59 Å². The van der Waals surface area contributed by atoms with Gasteiger partial charge in [0.15, 0.2) is 0 Å². The third kappa shape index (κ3) is 2.67. The number of hydrogen-bond donors (Lipinski definition) is 1. The number of nitrogens with zero attached hydrogens (tertiary/aromatic N) is 1. The van der Waals surface area contributed by atoms with Crippen LogP contribution in [0.2, 0.25) is 0 Å². The maximum atomic E-state index is 12.5. The summed E-state index contributed by atoms with van der Waals surface area (Å²) in [5.41, 5.74) is 1.01. The summed E-state index contributed by atoms with van der Waals surface area (Å²) >= 11 is 0. The van der Waals surface area contributed by atoms with E-state index in [1.807, 2.05) is 30.3 Å². The average Bonchev–Trinajstić information content (AvgIpc) is 2.45. The molecule has 1 heterocycles. The Morgan fingerprint density at radius 1 is 1.35 bits per heavy atom. The maximum absolute atomic E-state index is 12.5. The molecule has 0 bridgehead atoms. The van der Waals surface area contributed by atoms with Gasteiger partial charge in [-0.1, -0.05) is 36.3 Å². The molecule has 1 N–H and O–H groups in total. The zero-order valence-electron chi connectivity index (χ0n) is 11.7. The number of carbonyl (C=O) groups is 2. The predicted molar refractivity (Wildman–Crippen MR) is 76.7 cm³/mol. The quantitative estimate of drug-likeness (QED) is 0.832. The molecule has 4 heteroatoms. The average molecular weight is 270 g/mol. The Morgan fingerprint density at radius 3 is 2.60 bits per heavy atom. The van der Waals surface area contributed by atoms with Crippen molar-refractivity contribution in [3.63, 3.8) is 0 Å². The first-order valence-corrected chi connectivity index (χ1v) is 6.67. The van der Waals surface area contributed by atoms with Gasteiger partial charge in [-0.15, -0.1) is 6.42 Å². The highest BCUT2D eigenvalue weighted by Gasteiger charge is 2.39. The zero-order chi connectivity index (χ0) is 14.7. The molecular weight excluding hydrogens is 252 g/mol. The molecule has 3 atom stereocenters. The SMILES string of the molecule is C#CC(C)N1C(=O)C(Cc2ccccc2)NC(=O)C1C. The first-order chi connectivity index (χ1) is 9.54. The van der Waals surface area contributed by atoms with Crippen LogP contribution in [-0.4, -0.2) is 34.8 Å². The van der Waals surface area contributed by atoms with Gasteiger partial charge in [0.25, 0.3) is 0 Å². The number of carbonyl (C=O) groups excluding carboxylic acids is 2. The van der Waals surface area contributed by atoms with Crippen LogP contribution in [0.5, 0.6) is 0 Å². The summed E-state index contributed by atoms with van der Waals surface area (Å²) in [5, 5.41) is 2.77. The second-order valence-electron chi connectivity index (χ2n) is 5.02. The van der Waals surface area contributed by atoms with Crippen molar-refractivity contribution >= 4 is 11.8 Å². The van der Waals surface area contributed by atoms with Crippen LogP contribution < -0.4 is 5.32 Å². The largest absolute Gasteiger partial charge is 0.342 e. The topological polar surface area (TPSA) is 49.4 Å². The fourth-order valence-electron chi connectivity index (χ4n) is 2.45. The summed E-state index contributed by atoms with van der Waals surface area (Å²) in [4.78, 5) is 26.0. The van der Waals surface area contributed by atoms with Gasteiger partial charge >= 0.3 is 0 Å². The van der Waals surface area contributed by atoms with E-state index in [2.05, 4.69) is 11.2 Å². The predicted octanol–water partition coefficient (Wildman–Crippen LogP) is 0.966. The maximum Gasteiger partial charge on any atom is 0.247 e. The van der Waals surface area contributed by atoms with E-state index in [0.29, 0.717) is 6.42 Å². The smallest absolute Gasteiger partial charge is 0.247 e. The Bertz CT molecular complexity index is 547. The lowest BCUT2D eigenvalue weighted by atomic mass is 9.99. The van der Waals surface area contributed by atoms with Gasteiger partial charge in [0.2, 0.25) is 11.8 Å². The standard InChI is InChI=1S/C16H18N2O2/c1-4-11(2)18-12(3)15(19)17-14(16(18)20)10-13-8-6-5-7-9-13/h1,5-9,11-12,14H,10H2,2-3H3,(H,17,19). The van der Waals surface area contributed by atoms with E-state index in [9.17, 15) is 9.59 Å². The lowest BCUT2D eigenvalue weighted by Gasteiger charge is -2.39. The Balaban J connectivity index is 2.20. The van der Waals surface area contributed by atoms with Gasteiger partial charge in [0.1, 0.15) is 12.1 Å². The molecular formula is C16H18N2O2. The molecule has 1 saturated heterocycles. The highest BCUT2D eigenvalue weighted by Crippen LogP contribution is 2.16. The Labute approximate surface area is 119 Å². The van der Waals surface area contributed by atoms with E-state index >= 15 is 0 Å². The van der Waals surface area contributed by atoms with Crippen molar-refractivity contribution in [3.05, 3.63) is 35.9 Å². The van der Waals surface area contributed by atoms with Crippen LogP contribution >= 0.6 is 0 Å². The lowest BCUT2D eigenvalue weighted by Crippen LogP contribution is -2.64. The van der Waals surface area contributed by atoms with Crippen molar-refractivity contribution in [1.82, 2.24) is 10.2 Å². The molecule has 1 aliphatic heterocycles. The molecule has 0 saturated carbocycles. The highest BCUT2D eigenvalue weighted by molar-refractivity contribution is 5.97. The Kier molecular flexibility index (Phi) is 4.09. The molecule has 1 aromatic rings. The van der Waals surface area contributed by atoms with Crippen LogP contribution in [0.3, 0.4) is 0 Å². The number of benzene rings is 1. The van der Waals surface area contributed by atoms with Crippen molar-refractivity contribution in [2.24, 2.45) is 0 Å². The lowest BCUT2D eigenvalue weighted by molar-refractivity contribution is -0.149. The van der Waals surface area contributed by atoms with Crippen LogP contribution in [-0.2, 0) is 16.0 Å². The van der Waals surface area contributed by atoms with E-state index in [-0.39, 0.29) is 17.9 Å². The van der Waals surface area contributed by atoms with Gasteiger partial charge in [-0.25, -0.2) is 0 Å². The van der Waals surface area contributed by atoms with Gasteiger partial charge in [-0.2, -0.15) is 0 Å². The molecule has 1 aromatic carbocycles. The number of amides is 2. The van der Waals surface area contributed by atoms with Crippen molar-refractivity contribution in [1.29, 1.82) is 0 Å². The van der Waals surface area contributed by atoms with E-state index in [1.165, 1.54) is 4.90 Å². The van der Waals surface area contributed by atoms with Gasteiger partial charge < -0.3 is 10.2 Å². The van der Waals surface area contributed by atoms with Crippen LogP contribution in [0.1, 0.15) is 19.4 Å². The fourth-order valence-corrected chi connectivity index (χ4v) is 2.45. The monoisotopic (exact) mass is 270 g/mol. The molecule has 3 unspecified atom stereocenters. The summed E-state index contributed by atoms with van der Waals surface area (Å²) in [6.45, 7) is 3.45. The molecule has 0 radical (unpaired) electrons. The number of rotatable bonds is 3. The number of piperazine rings is 1. The third-order valence-electron chi connectivity index (χ3n) is 3.61. The van der Waals surface area contributed by atoms with Gasteiger partial charge in [0.05, 0.1) is 6.04 Å². The molecule has 2 rings (SSSR count). The normalized spacial score (nSPS) is 23.9. The summed E-state index contributed by atoms with van der Waals surface area (Å²) in [6.07, 6.45) is 5.87. The third-order valence-corrected chi connectivity index (χ3v) is 3.61. The summed E-state index contributed by atoms with van der Waals surface area (Å²) in [6, 6.07) is 8.15. The van der Waals surface area contributed by atoms with Gasteiger partial charge in [-0.05, 0) is 19.4 Å². The van der Waals surface area contributed by atoms with E-state index in [0.717, 1.165) is 5.56 Å². The molecule has 0 aliphatic carbocycles. The Morgan fingerprint density at radius 2 is 2.00 bits per heavy atom. The van der Waals surface area contributed by atoms with Crippen molar-refractivity contribution in [3.8, 4) is 12.3 Å². The van der Waals surface area contributed by atoms with Crippen LogP contribution in [0, 0.1) is 12.3 Å². The highest BCUT2D eigenvalue weighted by atomic mass is 16.2. The van der Waals surface area contributed by atoms with Crippen LogP contribution in [0.15, 0.2) is 30.3 Å². The molecule has 1 aliphatic rings. The fraction of sp³-hybridized carbons (Fsp3) is 0.375. The Hall–Kier alpha value is -2.28. The summed E-state index contributed by atoms with van der Waals surface area (Å²) < 4.78 is 0. The summed E-state index contributed by atoms with van der Waals surface area (Å²) in [7, 11) is 0. The number of nitrogens with one attached hydrogen (secondary N) is 1. The van der Waals surface area contributed by atoms with Crippen LogP contribution in [0.25, 0.3) is 0 Å². The number of hydrogen-bond acceptors (Lipinski definition) is 2. The minimum absolute atomic E-state index is 0.119. The van der Waals surface area contributed by atoms with Crippen molar-refractivity contribution in [2.75, 3.05) is 0 Å². The van der Waals surface area contributed by atoms with Gasteiger partial charge in [0, 0.05) is 6.42 Å². The molecule has 4 nitrogen and oxygen atoms in total. The minimum Gasteiger partial charge on any atom is -0.342 e. The zero-order valence-corrected chi connectivity index (χ0v) is 11.7. The minimum atomic E-state index is -0.545. The summed E-state index contributed by atoms with van der Waals surface area (Å²) in [5.74, 6) is 2.25. The number of terminal acetylenes is 1. The van der Waals surface area contributed by atoms with E-state index < -0.39 is 12.1 Å². The first-order valence-electron chi connectivity index (χ1n) is 6.67. The van der Waals surface area contributed by atoms with Crippen LogP contribution in [0.4, 0.5) is 0 Å². The first kappa shape index (κ1) is 14.1. The molecule has 1 fully saturated rings. The molecule has 0 spiro atoms. The van der Waals surface area contributed by atoms with E-state index in [4.69, 9.17) is 6.42 Å². The van der Waals surface area contributed by atoms with Crippen molar-refractivity contribution in [2.45, 2.75) is 38.4 Å². The molecule has 2 amide bonds. The molecule has 20 heavy (non-hydrogen) atoms. The second kappa shape index (κ2) is 5.79. The molecule has 0 aromatic heterocycles. The second-order valence-corrected chi connectivity index (χ2v) is 5.02. The van der Waals surface area contributed by atoms with E-state index in [1.54, 1.807) is 13.8 Å².